The molecule has 1 aliphatic heterocycles. The molecule has 0 spiro atoms. The number of benzene rings is 1. The van der Waals surface area contributed by atoms with E-state index in [-0.39, 0.29) is 19.0 Å². The van der Waals surface area contributed by atoms with Crippen molar-refractivity contribution in [3.05, 3.63) is 30.1 Å². The van der Waals surface area contributed by atoms with Crippen LogP contribution in [0.25, 0.3) is 0 Å². The van der Waals surface area contributed by atoms with Crippen LogP contribution in [0.15, 0.2) is 24.3 Å². The van der Waals surface area contributed by atoms with Crippen LogP contribution in [0.3, 0.4) is 0 Å². The van der Waals surface area contributed by atoms with Gasteiger partial charge in [-0.3, -0.25) is 4.90 Å². The Hall–Kier alpha value is -1.21. The lowest BCUT2D eigenvalue weighted by Crippen LogP contribution is -2.53. The molecule has 0 radical (unpaired) electrons. The number of nitrogens with zero attached hydrogens (tertiary/aromatic N) is 1. The standard InChI is InChI=1S/C19H28FNO4/c20-16-4-6-17(7-5-16)25-15-19(23)13-21(10-11-24-14-19)12-18(22)8-2-1-3-9-18/h4-7,22-23H,1-3,8-15H2. The molecule has 0 aromatic heterocycles. The zero-order valence-corrected chi connectivity index (χ0v) is 14.6. The summed E-state index contributed by atoms with van der Waals surface area (Å²) < 4.78 is 24.2. The van der Waals surface area contributed by atoms with Gasteiger partial charge in [0.05, 0.1) is 18.8 Å². The smallest absolute Gasteiger partial charge is 0.134 e. The maximum absolute atomic E-state index is 13.0. The minimum atomic E-state index is -1.16. The number of halogens is 1. The molecule has 2 fully saturated rings. The molecule has 25 heavy (non-hydrogen) atoms. The largest absolute Gasteiger partial charge is 0.490 e. The molecule has 2 aliphatic rings. The first-order valence-corrected chi connectivity index (χ1v) is 9.10. The summed E-state index contributed by atoms with van der Waals surface area (Å²) in [5.74, 6) is 0.187. The molecule has 1 saturated heterocycles. The molecule has 1 heterocycles. The van der Waals surface area contributed by atoms with Crippen molar-refractivity contribution in [3.63, 3.8) is 0 Å². The molecule has 1 saturated carbocycles. The highest BCUT2D eigenvalue weighted by Gasteiger charge is 2.37. The Morgan fingerprint density at radius 1 is 1.08 bits per heavy atom. The van der Waals surface area contributed by atoms with E-state index in [1.54, 1.807) is 12.1 Å². The first-order valence-electron chi connectivity index (χ1n) is 9.10. The second-order valence-corrected chi connectivity index (χ2v) is 7.52. The maximum Gasteiger partial charge on any atom is 0.134 e. The maximum atomic E-state index is 13.0. The summed E-state index contributed by atoms with van der Waals surface area (Å²) in [5, 5.41) is 21.7. The Kier molecular flexibility index (Phi) is 5.94. The highest BCUT2D eigenvalue weighted by Crippen LogP contribution is 2.29. The van der Waals surface area contributed by atoms with Gasteiger partial charge >= 0.3 is 0 Å². The van der Waals surface area contributed by atoms with Gasteiger partial charge in [0.2, 0.25) is 0 Å². The fourth-order valence-electron chi connectivity index (χ4n) is 3.75. The van der Waals surface area contributed by atoms with Gasteiger partial charge in [-0.15, -0.1) is 0 Å². The molecule has 3 rings (SSSR count). The van der Waals surface area contributed by atoms with E-state index < -0.39 is 11.2 Å². The van der Waals surface area contributed by atoms with Crippen molar-refractivity contribution in [3.8, 4) is 5.75 Å². The predicted molar refractivity (Wildman–Crippen MR) is 92.1 cm³/mol. The molecular formula is C19H28FNO4. The third kappa shape index (κ3) is 5.38. The van der Waals surface area contributed by atoms with E-state index in [0.717, 1.165) is 25.7 Å². The van der Waals surface area contributed by atoms with Crippen molar-refractivity contribution >= 4 is 0 Å². The molecule has 0 amide bonds. The number of aliphatic hydroxyl groups is 2. The quantitative estimate of drug-likeness (QED) is 0.847. The van der Waals surface area contributed by atoms with Crippen LogP contribution in [0.4, 0.5) is 4.39 Å². The van der Waals surface area contributed by atoms with E-state index in [0.29, 0.717) is 32.0 Å². The lowest BCUT2D eigenvalue weighted by Gasteiger charge is -2.38. The summed E-state index contributed by atoms with van der Waals surface area (Å²) in [5.41, 5.74) is -1.82. The zero-order valence-electron chi connectivity index (χ0n) is 14.6. The van der Waals surface area contributed by atoms with Gasteiger partial charge in [-0.1, -0.05) is 19.3 Å². The van der Waals surface area contributed by atoms with Crippen LogP contribution in [-0.4, -0.2) is 65.8 Å². The van der Waals surface area contributed by atoms with Crippen molar-refractivity contribution < 1.29 is 24.1 Å². The van der Waals surface area contributed by atoms with Crippen LogP contribution >= 0.6 is 0 Å². The highest BCUT2D eigenvalue weighted by atomic mass is 19.1. The Balaban J connectivity index is 1.58. The van der Waals surface area contributed by atoms with E-state index in [4.69, 9.17) is 9.47 Å². The van der Waals surface area contributed by atoms with Gasteiger partial charge in [0, 0.05) is 19.6 Å². The minimum Gasteiger partial charge on any atom is -0.490 e. The molecule has 5 nitrogen and oxygen atoms in total. The molecule has 1 unspecified atom stereocenters. The fourth-order valence-corrected chi connectivity index (χ4v) is 3.75. The van der Waals surface area contributed by atoms with Gasteiger partial charge in [0.1, 0.15) is 23.8 Å². The normalized spacial score (nSPS) is 27.6. The topological polar surface area (TPSA) is 62.2 Å². The van der Waals surface area contributed by atoms with Crippen LogP contribution < -0.4 is 4.74 Å². The predicted octanol–water partition coefficient (Wildman–Crippen LogP) is 1.96. The van der Waals surface area contributed by atoms with Crippen molar-refractivity contribution in [2.75, 3.05) is 39.5 Å². The number of hydrogen-bond acceptors (Lipinski definition) is 5. The third-order valence-corrected chi connectivity index (χ3v) is 5.06. The van der Waals surface area contributed by atoms with E-state index in [1.165, 1.54) is 18.6 Å². The van der Waals surface area contributed by atoms with Gasteiger partial charge < -0.3 is 19.7 Å². The Morgan fingerprint density at radius 3 is 2.52 bits per heavy atom. The molecule has 1 aromatic rings. The number of hydrogen-bond donors (Lipinski definition) is 2. The molecule has 140 valence electrons. The lowest BCUT2D eigenvalue weighted by molar-refractivity contribution is -0.0759. The van der Waals surface area contributed by atoms with Gasteiger partial charge in [0.15, 0.2) is 0 Å². The van der Waals surface area contributed by atoms with Crippen LogP contribution in [-0.2, 0) is 4.74 Å². The SMILES string of the molecule is OC1(CN2CCOCC(O)(COc3ccc(F)cc3)C2)CCCCC1. The summed E-state index contributed by atoms with van der Waals surface area (Å²) in [7, 11) is 0. The van der Waals surface area contributed by atoms with Gasteiger partial charge in [0.25, 0.3) is 0 Å². The van der Waals surface area contributed by atoms with Crippen LogP contribution in [0, 0.1) is 5.82 Å². The monoisotopic (exact) mass is 353 g/mol. The first-order chi connectivity index (χ1) is 12.0. The molecular weight excluding hydrogens is 325 g/mol. The van der Waals surface area contributed by atoms with Gasteiger partial charge in [-0.2, -0.15) is 0 Å². The molecule has 1 aliphatic carbocycles. The third-order valence-electron chi connectivity index (χ3n) is 5.06. The first kappa shape index (κ1) is 18.6. The van der Waals surface area contributed by atoms with E-state index in [9.17, 15) is 14.6 Å². The second kappa shape index (κ2) is 7.99. The van der Waals surface area contributed by atoms with Crippen molar-refractivity contribution in [1.82, 2.24) is 4.90 Å². The number of rotatable bonds is 5. The average Bonchev–Trinajstić information content (AvgIpc) is 2.76. The zero-order chi connectivity index (χ0) is 17.8. The molecule has 1 aromatic carbocycles. The summed E-state index contributed by atoms with van der Waals surface area (Å²) >= 11 is 0. The average molecular weight is 353 g/mol. The molecule has 6 heteroatoms. The molecule has 0 bridgehead atoms. The second-order valence-electron chi connectivity index (χ2n) is 7.52. The van der Waals surface area contributed by atoms with Crippen LogP contribution in [0.2, 0.25) is 0 Å². The van der Waals surface area contributed by atoms with E-state index in [2.05, 4.69) is 4.90 Å². The van der Waals surface area contributed by atoms with Crippen LogP contribution in [0.5, 0.6) is 5.75 Å². The summed E-state index contributed by atoms with van der Waals surface area (Å²) in [6.45, 7) is 2.39. The van der Waals surface area contributed by atoms with Crippen molar-refractivity contribution in [1.29, 1.82) is 0 Å². The highest BCUT2D eigenvalue weighted by molar-refractivity contribution is 5.22. The fraction of sp³-hybridized carbons (Fsp3) is 0.684. The Bertz CT molecular complexity index is 547. The molecule has 1 atom stereocenters. The summed E-state index contributed by atoms with van der Waals surface area (Å²) in [4.78, 5) is 2.08. The number of β-amino-alcohol motifs (C(OH)–C–C–N with tert-alkyl or cyclic N) is 2. The van der Waals surface area contributed by atoms with Gasteiger partial charge in [-0.25, -0.2) is 4.39 Å². The van der Waals surface area contributed by atoms with Crippen molar-refractivity contribution in [2.24, 2.45) is 0 Å². The number of ether oxygens (including phenoxy) is 2. The minimum absolute atomic E-state index is 0.0631. The summed E-state index contributed by atoms with van der Waals surface area (Å²) in [6, 6.07) is 5.74. The lowest BCUT2D eigenvalue weighted by atomic mass is 9.84. The Labute approximate surface area is 148 Å². The van der Waals surface area contributed by atoms with Crippen molar-refractivity contribution in [2.45, 2.75) is 43.3 Å². The van der Waals surface area contributed by atoms with Crippen LogP contribution in [0.1, 0.15) is 32.1 Å². The van der Waals surface area contributed by atoms with Gasteiger partial charge in [-0.05, 0) is 37.1 Å². The van der Waals surface area contributed by atoms with E-state index in [1.807, 2.05) is 0 Å². The summed E-state index contributed by atoms with van der Waals surface area (Å²) in [6.07, 6.45) is 4.92. The molecule has 2 N–H and O–H groups in total. The van der Waals surface area contributed by atoms with E-state index >= 15 is 0 Å². The Morgan fingerprint density at radius 2 is 1.80 bits per heavy atom.